The fraction of sp³-hybridized carbons (Fsp3) is 0.571. The predicted molar refractivity (Wildman–Crippen MR) is 105 cm³/mol. The minimum absolute atomic E-state index is 0.289. The van der Waals surface area contributed by atoms with Gasteiger partial charge in [0.15, 0.2) is 23.2 Å². The van der Waals surface area contributed by atoms with Crippen molar-refractivity contribution in [3.8, 4) is 11.5 Å². The second-order valence-corrected chi connectivity index (χ2v) is 9.67. The van der Waals surface area contributed by atoms with Crippen molar-refractivity contribution in [2.75, 3.05) is 20.7 Å². The van der Waals surface area contributed by atoms with E-state index < -0.39 is 11.7 Å². The molecule has 5 atom stereocenters. The molecule has 0 radical (unpaired) electrons. The smallest absolute Gasteiger partial charge is 0.303 e. The van der Waals surface area contributed by atoms with Crippen LogP contribution in [0.2, 0.25) is 0 Å². The van der Waals surface area contributed by atoms with Gasteiger partial charge in [0, 0.05) is 18.5 Å². The van der Waals surface area contributed by atoms with Crippen LogP contribution in [0.4, 0.5) is 0 Å². The maximum Gasteiger partial charge on any atom is 0.303 e. The van der Waals surface area contributed by atoms with Gasteiger partial charge in [0.25, 0.3) is 0 Å². The van der Waals surface area contributed by atoms with Gasteiger partial charge in [0.2, 0.25) is 0 Å². The number of benzene rings is 1. The van der Waals surface area contributed by atoms with E-state index in [1.165, 1.54) is 18.1 Å². The number of methoxy groups -OCH3 is 1. The lowest BCUT2D eigenvalue weighted by molar-refractivity contribution is -0.163. The molecule has 0 aromatic heterocycles. The zero-order chi connectivity index (χ0) is 19.2. The van der Waals surface area contributed by atoms with E-state index in [-0.39, 0.29) is 15.7 Å². The molecule has 2 aliphatic heterocycles. The number of piperidine rings is 1. The molecular formula is C21H24BrNO4. The van der Waals surface area contributed by atoms with Crippen molar-refractivity contribution in [3.05, 3.63) is 35.4 Å². The van der Waals surface area contributed by atoms with Gasteiger partial charge in [-0.05, 0) is 51.1 Å². The summed E-state index contributed by atoms with van der Waals surface area (Å²) in [7, 11) is 3.86. The summed E-state index contributed by atoms with van der Waals surface area (Å²) in [4.78, 5) is 14.3. The molecule has 0 saturated carbocycles. The first-order valence-corrected chi connectivity index (χ1v) is 10.2. The highest BCUT2D eigenvalue weighted by Gasteiger charge is 2.76. The third-order valence-corrected chi connectivity index (χ3v) is 8.76. The second kappa shape index (κ2) is 5.29. The Labute approximate surface area is 167 Å². The largest absolute Gasteiger partial charge is 0.493 e. The molecule has 1 saturated heterocycles. The number of alkyl halides is 1. The van der Waals surface area contributed by atoms with Gasteiger partial charge in [0.1, 0.15) is 0 Å². The van der Waals surface area contributed by atoms with E-state index in [9.17, 15) is 4.79 Å². The zero-order valence-electron chi connectivity index (χ0n) is 16.0. The number of likely N-dealkylation sites (N-methyl/N-ethyl adjacent to an activating group) is 1. The lowest BCUT2D eigenvalue weighted by Crippen LogP contribution is -2.76. The average molecular weight is 434 g/mol. The molecule has 2 bridgehead atoms. The molecule has 5 rings (SSSR count). The van der Waals surface area contributed by atoms with Crippen LogP contribution in [0.1, 0.15) is 31.4 Å². The Bertz CT molecular complexity index is 885. The molecular weight excluding hydrogens is 410 g/mol. The molecule has 0 N–H and O–H groups in total. The minimum Gasteiger partial charge on any atom is -0.493 e. The van der Waals surface area contributed by atoms with E-state index in [0.717, 1.165) is 30.9 Å². The number of rotatable bonds is 2. The van der Waals surface area contributed by atoms with Crippen molar-refractivity contribution < 1.29 is 19.0 Å². The fourth-order valence-electron chi connectivity index (χ4n) is 6.10. The van der Waals surface area contributed by atoms with Crippen molar-refractivity contribution in [1.82, 2.24) is 4.90 Å². The zero-order valence-corrected chi connectivity index (χ0v) is 17.6. The van der Waals surface area contributed by atoms with Gasteiger partial charge >= 0.3 is 5.97 Å². The monoisotopic (exact) mass is 433 g/mol. The third kappa shape index (κ3) is 1.82. The number of halogens is 1. The van der Waals surface area contributed by atoms with Gasteiger partial charge in [-0.25, -0.2) is 0 Å². The Morgan fingerprint density at radius 3 is 2.89 bits per heavy atom. The van der Waals surface area contributed by atoms with E-state index in [0.29, 0.717) is 6.04 Å². The first-order valence-electron chi connectivity index (χ1n) is 9.43. The molecule has 5 nitrogen and oxygen atoms in total. The number of ether oxygens (including phenoxy) is 3. The number of likely N-dealkylation sites (tertiary alicyclic amines) is 1. The van der Waals surface area contributed by atoms with Crippen molar-refractivity contribution in [1.29, 1.82) is 0 Å². The Kier molecular flexibility index (Phi) is 3.44. The fourth-order valence-corrected chi connectivity index (χ4v) is 7.56. The summed E-state index contributed by atoms with van der Waals surface area (Å²) >= 11 is 4.18. The molecule has 1 fully saturated rings. The first kappa shape index (κ1) is 17.6. The highest BCUT2D eigenvalue weighted by atomic mass is 79.9. The molecule has 4 aliphatic rings. The van der Waals surface area contributed by atoms with Crippen LogP contribution in [0.5, 0.6) is 11.5 Å². The summed E-state index contributed by atoms with van der Waals surface area (Å²) in [6.07, 6.45) is 5.62. The van der Waals surface area contributed by atoms with E-state index in [4.69, 9.17) is 14.2 Å². The Morgan fingerprint density at radius 1 is 1.41 bits per heavy atom. The molecule has 2 aliphatic carbocycles. The standard InChI is InChI=1S/C21H24BrNO4/c1-12(24)26-16-7-8-21(22)15-11-13-5-6-14(25-4)18-17(13)20(21,9-10-23(15)3)19(16,2)27-18/h5-8,15-16H,9-11H2,1-4H3/t15-,16-,19-,20+,21+/m1/s1. The molecule has 1 spiro atoms. The van der Waals surface area contributed by atoms with Crippen LogP contribution < -0.4 is 9.47 Å². The van der Waals surface area contributed by atoms with Gasteiger partial charge in [-0.3, -0.25) is 4.79 Å². The highest BCUT2D eigenvalue weighted by molar-refractivity contribution is 9.10. The molecule has 144 valence electrons. The third-order valence-electron chi connectivity index (χ3n) is 7.29. The summed E-state index contributed by atoms with van der Waals surface area (Å²) < 4.78 is 17.8. The van der Waals surface area contributed by atoms with Crippen LogP contribution in [0.15, 0.2) is 24.3 Å². The van der Waals surface area contributed by atoms with Crippen LogP contribution >= 0.6 is 15.9 Å². The van der Waals surface area contributed by atoms with Crippen LogP contribution in [0.3, 0.4) is 0 Å². The summed E-state index contributed by atoms with van der Waals surface area (Å²) in [5, 5.41) is 0. The lowest BCUT2D eigenvalue weighted by atomic mass is 9.49. The SMILES string of the molecule is COc1ccc2c3c1O[C@]1(C)[C@H](OC(C)=O)C=C[C@]4(Br)[C@@H](C2)N(C)CC[C@@]341. The quantitative estimate of drug-likeness (QED) is 0.407. The average Bonchev–Trinajstić information content (AvgIpc) is 2.89. The van der Waals surface area contributed by atoms with Gasteiger partial charge in [-0.15, -0.1) is 0 Å². The van der Waals surface area contributed by atoms with Crippen LogP contribution in [0.25, 0.3) is 0 Å². The van der Waals surface area contributed by atoms with Gasteiger partial charge in [-0.1, -0.05) is 28.1 Å². The van der Waals surface area contributed by atoms with E-state index in [1.807, 2.05) is 12.1 Å². The normalized spacial score (nSPS) is 40.9. The van der Waals surface area contributed by atoms with E-state index >= 15 is 0 Å². The highest BCUT2D eigenvalue weighted by Crippen LogP contribution is 2.70. The number of carbonyl (C=O) groups excluding carboxylic acids is 1. The topological polar surface area (TPSA) is 48.0 Å². The lowest BCUT2D eigenvalue weighted by Gasteiger charge is -2.64. The Balaban J connectivity index is 1.84. The number of carbonyl (C=O) groups is 1. The molecule has 1 aromatic rings. The second-order valence-electron chi connectivity index (χ2n) is 8.35. The Morgan fingerprint density at radius 2 is 2.19 bits per heavy atom. The number of esters is 1. The number of nitrogens with zero attached hydrogens (tertiary/aromatic N) is 1. The predicted octanol–water partition coefficient (Wildman–Crippen LogP) is 2.98. The van der Waals surface area contributed by atoms with Crippen molar-refractivity contribution in [3.63, 3.8) is 0 Å². The van der Waals surface area contributed by atoms with Gasteiger partial charge in [0.05, 0.1) is 16.8 Å². The van der Waals surface area contributed by atoms with Crippen molar-refractivity contribution >= 4 is 21.9 Å². The molecule has 2 heterocycles. The van der Waals surface area contributed by atoms with Crippen molar-refractivity contribution in [2.45, 2.75) is 54.2 Å². The first-order chi connectivity index (χ1) is 12.8. The molecule has 1 aromatic carbocycles. The van der Waals surface area contributed by atoms with Crippen LogP contribution in [-0.4, -0.2) is 53.6 Å². The summed E-state index contributed by atoms with van der Waals surface area (Å²) in [5.74, 6) is 1.26. The Hall–Kier alpha value is -1.53. The van der Waals surface area contributed by atoms with E-state index in [1.54, 1.807) is 7.11 Å². The summed E-state index contributed by atoms with van der Waals surface area (Å²) in [6.45, 7) is 4.52. The molecule has 0 unspecified atom stereocenters. The molecule has 6 heteroatoms. The summed E-state index contributed by atoms with van der Waals surface area (Å²) in [5.41, 5.74) is 1.50. The van der Waals surface area contributed by atoms with Crippen LogP contribution in [-0.2, 0) is 21.4 Å². The summed E-state index contributed by atoms with van der Waals surface area (Å²) in [6, 6.07) is 4.47. The molecule has 27 heavy (non-hydrogen) atoms. The molecule has 0 amide bonds. The maximum atomic E-state index is 11.8. The van der Waals surface area contributed by atoms with Crippen molar-refractivity contribution in [2.24, 2.45) is 0 Å². The minimum atomic E-state index is -0.706. The van der Waals surface area contributed by atoms with E-state index in [2.05, 4.69) is 46.9 Å². The van der Waals surface area contributed by atoms with Gasteiger partial charge < -0.3 is 19.1 Å². The number of hydrogen-bond donors (Lipinski definition) is 0. The van der Waals surface area contributed by atoms with Crippen LogP contribution in [0, 0.1) is 0 Å². The maximum absolute atomic E-state index is 11.8. The van der Waals surface area contributed by atoms with Gasteiger partial charge in [-0.2, -0.15) is 0 Å². The number of hydrogen-bond acceptors (Lipinski definition) is 5.